The molecular weight excluding hydrogens is 387 g/mol. The van der Waals surface area contributed by atoms with Gasteiger partial charge in [-0.15, -0.1) is 0 Å². The Labute approximate surface area is 172 Å². The first-order chi connectivity index (χ1) is 13.7. The minimum absolute atomic E-state index is 0.560. The monoisotopic (exact) mass is 414 g/mol. The van der Waals surface area contributed by atoms with Gasteiger partial charge in [0, 0.05) is 0 Å². The summed E-state index contributed by atoms with van der Waals surface area (Å²) in [6.45, 7) is 7.79. The van der Waals surface area contributed by atoms with E-state index in [0.717, 1.165) is 11.1 Å². The van der Waals surface area contributed by atoms with E-state index >= 15 is 0 Å². The molecule has 29 heavy (non-hydrogen) atoms. The molecule has 0 N–H and O–H groups in total. The molecule has 2 heterocycles. The average molecular weight is 414 g/mol. The number of hydrogen-bond acceptors (Lipinski definition) is 5. The molecule has 0 atom stereocenters. The third kappa shape index (κ3) is 3.38. The van der Waals surface area contributed by atoms with Crippen LogP contribution in [0.25, 0.3) is 11.5 Å². The van der Waals surface area contributed by atoms with Crippen LogP contribution < -0.4 is 0 Å². The average Bonchev–Trinajstić information content (AvgIpc) is 2.80. The van der Waals surface area contributed by atoms with Crippen LogP contribution >= 0.6 is 7.74 Å². The quantitative estimate of drug-likeness (QED) is 0.537. The van der Waals surface area contributed by atoms with Gasteiger partial charge in [-0.3, -0.25) is 0 Å². The van der Waals surface area contributed by atoms with Crippen molar-refractivity contribution in [2.45, 2.75) is 38.9 Å². The number of rotatable bonds is 3. The Kier molecular flexibility index (Phi) is 4.63. The van der Waals surface area contributed by atoms with Gasteiger partial charge in [0.05, 0.1) is 0 Å². The molecule has 6 heteroatoms. The predicted molar refractivity (Wildman–Crippen MR) is 115 cm³/mol. The summed E-state index contributed by atoms with van der Waals surface area (Å²) in [6.07, 6.45) is 3.73. The summed E-state index contributed by atoms with van der Waals surface area (Å²) in [5.41, 5.74) is 0.318. The van der Waals surface area contributed by atoms with Gasteiger partial charge < -0.3 is 0 Å². The van der Waals surface area contributed by atoms with Crippen molar-refractivity contribution < 1.29 is 22.6 Å². The number of allylic oxidation sites excluding steroid dienone is 2. The standard InChI is InChI=1S/C23H27O5P/c1-22(2)23(3,4)28-29(24-5,27-22)25-20(18-12-8-6-9-13-18)16-17-21(26-29)19-14-10-7-11-15-19/h6-17H,1-5H3. The molecule has 154 valence electrons. The van der Waals surface area contributed by atoms with E-state index in [1.807, 2.05) is 101 Å². The third-order valence-electron chi connectivity index (χ3n) is 5.50. The van der Waals surface area contributed by atoms with E-state index in [0.29, 0.717) is 11.5 Å². The molecule has 1 spiro atoms. The molecule has 0 aliphatic carbocycles. The molecule has 2 aliphatic rings. The van der Waals surface area contributed by atoms with E-state index < -0.39 is 18.9 Å². The summed E-state index contributed by atoms with van der Waals surface area (Å²) in [6, 6.07) is 19.5. The van der Waals surface area contributed by atoms with Gasteiger partial charge in [0.1, 0.15) is 0 Å². The molecule has 1 fully saturated rings. The van der Waals surface area contributed by atoms with E-state index in [2.05, 4.69) is 0 Å². The van der Waals surface area contributed by atoms with Gasteiger partial charge in [0.15, 0.2) is 0 Å². The zero-order valence-corrected chi connectivity index (χ0v) is 18.3. The molecule has 0 amide bonds. The second kappa shape index (κ2) is 6.68. The summed E-state index contributed by atoms with van der Waals surface area (Å²) in [5, 5.41) is 0. The summed E-state index contributed by atoms with van der Waals surface area (Å²) >= 11 is 0. The Morgan fingerprint density at radius 3 is 1.38 bits per heavy atom. The van der Waals surface area contributed by atoms with E-state index in [-0.39, 0.29) is 0 Å². The van der Waals surface area contributed by atoms with Gasteiger partial charge in [0.25, 0.3) is 0 Å². The number of hydrogen-bond donors (Lipinski definition) is 0. The van der Waals surface area contributed by atoms with Crippen molar-refractivity contribution in [2.24, 2.45) is 0 Å². The molecule has 0 saturated carbocycles. The molecular formula is C23H27O5P. The first kappa shape index (κ1) is 20.1. The van der Waals surface area contributed by atoms with E-state index in [9.17, 15) is 0 Å². The summed E-state index contributed by atoms with van der Waals surface area (Å²) < 4.78 is 31.8. The Balaban J connectivity index is 1.90. The van der Waals surface area contributed by atoms with Gasteiger partial charge >= 0.3 is 172 Å². The molecule has 4 rings (SSSR count). The van der Waals surface area contributed by atoms with Gasteiger partial charge in [-0.2, -0.15) is 0 Å². The topological polar surface area (TPSA) is 46.2 Å². The summed E-state index contributed by atoms with van der Waals surface area (Å²) in [5.74, 6) is 1.12. The second-order valence-corrected chi connectivity index (χ2v) is 10.7. The van der Waals surface area contributed by atoms with Crippen LogP contribution in [0.1, 0.15) is 38.8 Å². The Morgan fingerprint density at radius 1 is 0.655 bits per heavy atom. The Morgan fingerprint density at radius 2 is 1.03 bits per heavy atom. The Bertz CT molecular complexity index is 886. The molecule has 0 aromatic heterocycles. The van der Waals surface area contributed by atoms with Gasteiger partial charge in [-0.1, -0.05) is 0 Å². The fraction of sp³-hybridized carbons (Fsp3) is 0.304. The van der Waals surface area contributed by atoms with Crippen LogP contribution in [0.2, 0.25) is 0 Å². The summed E-state index contributed by atoms with van der Waals surface area (Å²) in [7, 11) is -2.99. The van der Waals surface area contributed by atoms with Crippen molar-refractivity contribution in [2.75, 3.05) is 7.11 Å². The molecule has 2 aliphatic heterocycles. The van der Waals surface area contributed by atoms with Crippen LogP contribution in [0.4, 0.5) is 0 Å². The molecule has 0 radical (unpaired) electrons. The van der Waals surface area contributed by atoms with Crippen molar-refractivity contribution in [3.8, 4) is 0 Å². The van der Waals surface area contributed by atoms with E-state index in [1.165, 1.54) is 7.11 Å². The number of benzene rings is 2. The van der Waals surface area contributed by atoms with Crippen molar-refractivity contribution in [1.82, 2.24) is 0 Å². The van der Waals surface area contributed by atoms with Crippen LogP contribution in [-0.2, 0) is 22.6 Å². The van der Waals surface area contributed by atoms with Crippen molar-refractivity contribution in [3.05, 3.63) is 83.9 Å². The van der Waals surface area contributed by atoms with Crippen molar-refractivity contribution in [1.29, 1.82) is 0 Å². The fourth-order valence-corrected chi connectivity index (χ4v) is 6.69. The fourth-order valence-electron chi connectivity index (χ4n) is 3.26. The first-order valence-corrected chi connectivity index (χ1v) is 11.4. The Hall–Kier alpha value is -2.17. The molecule has 1 saturated heterocycles. The minimum atomic E-state index is -4.50. The predicted octanol–water partition coefficient (Wildman–Crippen LogP) is 6.49. The first-order valence-electron chi connectivity index (χ1n) is 9.62. The zero-order valence-electron chi connectivity index (χ0n) is 17.4. The van der Waals surface area contributed by atoms with Crippen LogP contribution in [0.15, 0.2) is 72.8 Å². The molecule has 0 unspecified atom stereocenters. The van der Waals surface area contributed by atoms with Crippen molar-refractivity contribution >= 4 is 19.3 Å². The SMILES string of the molecule is COP12(OC(c3ccccc3)=CC=C(c3ccccc3)O1)OC(C)(C)C(C)(C)O2. The van der Waals surface area contributed by atoms with Crippen LogP contribution in [-0.4, -0.2) is 18.3 Å². The van der Waals surface area contributed by atoms with Crippen LogP contribution in [0, 0.1) is 0 Å². The van der Waals surface area contributed by atoms with E-state index in [4.69, 9.17) is 22.6 Å². The molecule has 2 aromatic rings. The van der Waals surface area contributed by atoms with E-state index in [1.54, 1.807) is 0 Å². The summed E-state index contributed by atoms with van der Waals surface area (Å²) in [4.78, 5) is 0. The molecule has 5 nitrogen and oxygen atoms in total. The maximum absolute atomic E-state index is 6.47. The van der Waals surface area contributed by atoms with Gasteiger partial charge in [-0.05, 0) is 0 Å². The zero-order chi connectivity index (χ0) is 20.8. The normalized spacial score (nSPS) is 24.8. The second-order valence-electron chi connectivity index (χ2n) is 8.11. The van der Waals surface area contributed by atoms with Gasteiger partial charge in [-0.25, -0.2) is 0 Å². The van der Waals surface area contributed by atoms with Crippen molar-refractivity contribution in [3.63, 3.8) is 0 Å². The maximum atomic E-state index is 6.47. The molecule has 2 aromatic carbocycles. The van der Waals surface area contributed by atoms with Crippen LogP contribution in [0.3, 0.4) is 0 Å². The van der Waals surface area contributed by atoms with Gasteiger partial charge in [0.2, 0.25) is 0 Å². The van der Waals surface area contributed by atoms with Crippen LogP contribution in [0.5, 0.6) is 0 Å². The molecule has 0 bridgehead atoms. The third-order valence-corrected chi connectivity index (χ3v) is 8.60.